The predicted octanol–water partition coefficient (Wildman–Crippen LogP) is 3.56. The molecule has 0 spiro atoms. The third-order valence-corrected chi connectivity index (χ3v) is 6.82. The van der Waals surface area contributed by atoms with Gasteiger partial charge in [0.05, 0.1) is 23.3 Å². The predicted molar refractivity (Wildman–Crippen MR) is 125 cm³/mol. The van der Waals surface area contributed by atoms with Crippen LogP contribution in [0.3, 0.4) is 0 Å². The number of carbonyl (C=O) groups is 3. The van der Waals surface area contributed by atoms with Crippen LogP contribution in [0.25, 0.3) is 15.9 Å². The maximum Gasteiger partial charge on any atom is 0.350 e. The Morgan fingerprint density at radius 2 is 1.73 bits per heavy atom. The maximum absolute atomic E-state index is 12.9. The molecule has 9 nitrogen and oxygen atoms in total. The molecule has 0 atom stereocenters. The van der Waals surface area contributed by atoms with Crippen molar-refractivity contribution in [3.05, 3.63) is 47.0 Å². The molecule has 4 rings (SSSR count). The molecule has 10 heteroatoms. The van der Waals surface area contributed by atoms with Crippen LogP contribution in [-0.2, 0) is 9.63 Å². The Morgan fingerprint density at radius 3 is 2.36 bits per heavy atom. The zero-order valence-electron chi connectivity index (χ0n) is 18.8. The van der Waals surface area contributed by atoms with Crippen LogP contribution in [-0.4, -0.2) is 51.9 Å². The first-order valence-electron chi connectivity index (χ1n) is 10.9. The lowest BCUT2D eigenvalue weighted by molar-refractivity contribution is -0.169. The number of urea groups is 1. The van der Waals surface area contributed by atoms with Crippen molar-refractivity contribution in [2.24, 2.45) is 0 Å². The highest BCUT2D eigenvalue weighted by Crippen LogP contribution is 2.30. The summed E-state index contributed by atoms with van der Waals surface area (Å²) in [7, 11) is 1.40. The minimum absolute atomic E-state index is 0.0208. The summed E-state index contributed by atoms with van der Waals surface area (Å²) in [6.07, 6.45) is 2.99. The highest BCUT2D eigenvalue weighted by molar-refractivity contribution is 7.20. The first-order chi connectivity index (χ1) is 15.8. The van der Waals surface area contributed by atoms with E-state index < -0.39 is 12.0 Å². The number of aryl methyl sites for hydroxylation is 1. The minimum Gasteiger partial charge on any atom is -0.349 e. The molecule has 1 aliphatic carbocycles. The van der Waals surface area contributed by atoms with Crippen molar-refractivity contribution in [3.8, 4) is 5.69 Å². The number of amides is 3. The van der Waals surface area contributed by atoms with E-state index in [-0.39, 0.29) is 18.0 Å². The number of carbonyl (C=O) groups excluding carboxylic acids is 3. The Bertz CT molecular complexity index is 1160. The fourth-order valence-corrected chi connectivity index (χ4v) is 5.13. The number of para-hydroxylation sites is 1. The summed E-state index contributed by atoms with van der Waals surface area (Å²) in [5.74, 6) is -0.635. The second-order valence-corrected chi connectivity index (χ2v) is 9.24. The number of hydroxylamine groups is 2. The standard InChI is InChI=1S/C23H27N5O4S/c1-14-19-13-20(33-22(19)28(26-14)18-7-5-4-6-8-18)21(30)24-16-9-11-17(12-10-16)25-23(31)27(3)32-15(2)29/h4-8,13,16-17H,9-12H2,1-3H3,(H,24,30)(H,25,31). The molecule has 0 radical (unpaired) electrons. The Morgan fingerprint density at radius 1 is 1.09 bits per heavy atom. The van der Waals surface area contributed by atoms with Gasteiger partial charge in [-0.1, -0.05) is 18.2 Å². The fourth-order valence-electron chi connectivity index (χ4n) is 4.04. The van der Waals surface area contributed by atoms with Crippen molar-refractivity contribution >= 4 is 39.5 Å². The normalized spacial score (nSPS) is 18.0. The molecular weight excluding hydrogens is 442 g/mol. The van der Waals surface area contributed by atoms with Gasteiger partial charge in [0.25, 0.3) is 5.91 Å². The van der Waals surface area contributed by atoms with Crippen LogP contribution in [0.15, 0.2) is 36.4 Å². The third-order valence-electron chi connectivity index (χ3n) is 5.71. The lowest BCUT2D eigenvalue weighted by atomic mass is 9.91. The first-order valence-corrected chi connectivity index (χ1v) is 11.7. The molecule has 2 N–H and O–H groups in total. The Labute approximate surface area is 195 Å². The number of nitrogens with zero attached hydrogens (tertiary/aromatic N) is 3. The van der Waals surface area contributed by atoms with E-state index in [2.05, 4.69) is 15.7 Å². The molecule has 3 amide bonds. The summed E-state index contributed by atoms with van der Waals surface area (Å²) in [6.45, 7) is 3.19. The molecular formula is C23H27N5O4S. The lowest BCUT2D eigenvalue weighted by Crippen LogP contribution is -2.47. The second kappa shape index (κ2) is 9.62. The van der Waals surface area contributed by atoms with Crippen LogP contribution >= 0.6 is 11.3 Å². The van der Waals surface area contributed by atoms with E-state index >= 15 is 0 Å². The number of hydrogen-bond donors (Lipinski definition) is 2. The summed E-state index contributed by atoms with van der Waals surface area (Å²) in [6, 6.07) is 11.4. The zero-order chi connectivity index (χ0) is 23.5. The number of hydrogen-bond acceptors (Lipinski definition) is 6. The summed E-state index contributed by atoms with van der Waals surface area (Å²) in [5.41, 5.74) is 1.85. The molecule has 2 aromatic heterocycles. The van der Waals surface area contributed by atoms with E-state index in [4.69, 9.17) is 4.84 Å². The SMILES string of the molecule is CC(=O)ON(C)C(=O)NC1CCC(NC(=O)c2cc3c(C)nn(-c4ccccc4)c3s2)CC1. The smallest absolute Gasteiger partial charge is 0.349 e. The summed E-state index contributed by atoms with van der Waals surface area (Å²) in [5, 5.41) is 12.5. The van der Waals surface area contributed by atoms with Gasteiger partial charge in [-0.25, -0.2) is 9.48 Å². The molecule has 0 aliphatic heterocycles. The third kappa shape index (κ3) is 5.16. The minimum atomic E-state index is -0.549. The molecule has 33 heavy (non-hydrogen) atoms. The zero-order valence-corrected chi connectivity index (χ0v) is 19.6. The van der Waals surface area contributed by atoms with Crippen molar-refractivity contribution in [2.75, 3.05) is 7.05 Å². The number of aromatic nitrogens is 2. The summed E-state index contributed by atoms with van der Waals surface area (Å²) in [4.78, 5) is 42.4. The van der Waals surface area contributed by atoms with Gasteiger partial charge >= 0.3 is 12.0 Å². The van der Waals surface area contributed by atoms with Crippen molar-refractivity contribution in [1.29, 1.82) is 0 Å². The molecule has 1 aliphatic rings. The number of benzene rings is 1. The van der Waals surface area contributed by atoms with Gasteiger partial charge in [0.15, 0.2) is 0 Å². The van der Waals surface area contributed by atoms with Crippen molar-refractivity contribution in [2.45, 2.75) is 51.6 Å². The van der Waals surface area contributed by atoms with Crippen molar-refractivity contribution < 1.29 is 19.2 Å². The van der Waals surface area contributed by atoms with Gasteiger partial charge in [0.2, 0.25) is 0 Å². The molecule has 0 bridgehead atoms. The topological polar surface area (TPSA) is 106 Å². The highest BCUT2D eigenvalue weighted by Gasteiger charge is 2.26. The monoisotopic (exact) mass is 469 g/mol. The highest BCUT2D eigenvalue weighted by atomic mass is 32.1. The average molecular weight is 470 g/mol. The van der Waals surface area contributed by atoms with Gasteiger partial charge in [0.1, 0.15) is 4.83 Å². The van der Waals surface area contributed by atoms with Gasteiger partial charge in [-0.2, -0.15) is 10.2 Å². The Hall–Kier alpha value is -3.40. The Kier molecular flexibility index (Phi) is 6.64. The first kappa shape index (κ1) is 22.8. The van der Waals surface area contributed by atoms with Crippen LogP contribution < -0.4 is 10.6 Å². The number of fused-ring (bicyclic) bond motifs is 1. The van der Waals surface area contributed by atoms with Gasteiger partial charge in [-0.3, -0.25) is 9.59 Å². The van der Waals surface area contributed by atoms with Crippen LogP contribution in [0.4, 0.5) is 4.79 Å². The summed E-state index contributed by atoms with van der Waals surface area (Å²) >= 11 is 1.44. The average Bonchev–Trinajstić information content (AvgIpc) is 3.36. The molecule has 1 saturated carbocycles. The van der Waals surface area contributed by atoms with Gasteiger partial charge in [-0.05, 0) is 50.8 Å². The molecule has 3 aromatic rings. The number of rotatable bonds is 4. The number of thiophene rings is 1. The lowest BCUT2D eigenvalue weighted by Gasteiger charge is -2.30. The second-order valence-electron chi connectivity index (χ2n) is 8.21. The quantitative estimate of drug-likeness (QED) is 0.569. The van der Waals surface area contributed by atoms with Crippen LogP contribution in [0.1, 0.15) is 48.0 Å². The van der Waals surface area contributed by atoms with Gasteiger partial charge in [-0.15, -0.1) is 11.3 Å². The van der Waals surface area contributed by atoms with Crippen LogP contribution in [0, 0.1) is 6.92 Å². The largest absolute Gasteiger partial charge is 0.350 e. The molecule has 1 fully saturated rings. The van der Waals surface area contributed by atoms with E-state index in [0.29, 0.717) is 4.88 Å². The van der Waals surface area contributed by atoms with Gasteiger partial charge in [0, 0.05) is 24.4 Å². The van der Waals surface area contributed by atoms with Crippen LogP contribution in [0.5, 0.6) is 0 Å². The van der Waals surface area contributed by atoms with E-state index in [0.717, 1.165) is 52.3 Å². The summed E-state index contributed by atoms with van der Waals surface area (Å²) < 4.78 is 1.88. The molecule has 0 unspecified atom stereocenters. The van der Waals surface area contributed by atoms with Crippen molar-refractivity contribution in [3.63, 3.8) is 0 Å². The maximum atomic E-state index is 12.9. The Balaban J connectivity index is 1.35. The van der Waals surface area contributed by atoms with Crippen LogP contribution in [0.2, 0.25) is 0 Å². The van der Waals surface area contributed by atoms with E-state index in [9.17, 15) is 14.4 Å². The number of nitrogens with one attached hydrogen (secondary N) is 2. The van der Waals surface area contributed by atoms with E-state index in [1.54, 1.807) is 0 Å². The van der Waals surface area contributed by atoms with Gasteiger partial charge < -0.3 is 15.5 Å². The van der Waals surface area contributed by atoms with Crippen molar-refractivity contribution in [1.82, 2.24) is 25.5 Å². The van der Waals surface area contributed by atoms with E-state index in [1.807, 2.05) is 48.0 Å². The molecule has 0 saturated heterocycles. The molecule has 2 heterocycles. The fraction of sp³-hybridized carbons (Fsp3) is 0.391. The molecule has 174 valence electrons. The van der Waals surface area contributed by atoms with E-state index in [1.165, 1.54) is 25.3 Å². The molecule has 1 aromatic carbocycles.